The summed E-state index contributed by atoms with van der Waals surface area (Å²) in [5, 5.41) is 2.47. The quantitative estimate of drug-likeness (QED) is 0.299. The molecule has 3 heterocycles. The standard InChI is InChI=1S/C29H22N2/c1-4-15-25-22(10-1)13-9-14-23-11-2-5-16-26(23)29-27-17-6-3-12-24(27)19-21-31(29)30-20-8-7-18-28(25)30/h1-12,14-21H,13H2/q+2/b14-9+. The smallest absolute Gasteiger partial charge is 0.0795 e. The molecular formula is C29H22N2+2. The number of allylic oxidation sites excluding steroid dienone is 1. The van der Waals surface area contributed by atoms with Crippen LogP contribution in [-0.4, -0.2) is 0 Å². The van der Waals surface area contributed by atoms with Crippen LogP contribution in [0, 0.1) is 0 Å². The first kappa shape index (κ1) is 17.8. The molecule has 0 aliphatic carbocycles. The third kappa shape index (κ3) is 2.96. The second kappa shape index (κ2) is 7.33. The number of fused-ring (bicyclic) bond motifs is 9. The predicted molar refractivity (Wildman–Crippen MR) is 125 cm³/mol. The van der Waals surface area contributed by atoms with E-state index in [4.69, 9.17) is 0 Å². The van der Waals surface area contributed by atoms with Gasteiger partial charge in [-0.05, 0) is 47.2 Å². The predicted octanol–water partition coefficient (Wildman–Crippen LogP) is 5.63. The zero-order chi connectivity index (χ0) is 20.6. The van der Waals surface area contributed by atoms with Gasteiger partial charge in [-0.25, -0.2) is 0 Å². The fourth-order valence-electron chi connectivity index (χ4n) is 4.61. The Hall–Kier alpha value is -4.04. The third-order valence-electron chi connectivity index (χ3n) is 6.06. The number of aromatic nitrogens is 2. The molecule has 146 valence electrons. The lowest BCUT2D eigenvalue weighted by molar-refractivity contribution is -1.29. The van der Waals surface area contributed by atoms with Crippen LogP contribution in [0.3, 0.4) is 0 Å². The highest BCUT2D eigenvalue weighted by atomic mass is 15.4. The molecule has 0 bridgehead atoms. The van der Waals surface area contributed by atoms with Crippen molar-refractivity contribution in [2.45, 2.75) is 6.42 Å². The summed E-state index contributed by atoms with van der Waals surface area (Å²) in [6, 6.07) is 34.6. The zero-order valence-corrected chi connectivity index (χ0v) is 17.1. The number of hydrogen-bond acceptors (Lipinski definition) is 0. The molecule has 0 saturated carbocycles. The van der Waals surface area contributed by atoms with Gasteiger partial charge in [0.1, 0.15) is 0 Å². The van der Waals surface area contributed by atoms with Crippen molar-refractivity contribution >= 4 is 16.8 Å². The van der Waals surface area contributed by atoms with E-state index in [1.54, 1.807) is 0 Å². The maximum absolute atomic E-state index is 2.28. The average molecular weight is 399 g/mol. The van der Waals surface area contributed by atoms with E-state index in [1.807, 2.05) is 0 Å². The van der Waals surface area contributed by atoms with Crippen molar-refractivity contribution in [2.75, 3.05) is 0 Å². The molecule has 6 rings (SSSR count). The van der Waals surface area contributed by atoms with Crippen LogP contribution in [0.15, 0.2) is 116 Å². The molecule has 0 unspecified atom stereocenters. The second-order valence-corrected chi connectivity index (χ2v) is 7.88. The number of hydrogen-bond donors (Lipinski definition) is 0. The average Bonchev–Trinajstić information content (AvgIpc) is 2.86. The van der Waals surface area contributed by atoms with Crippen LogP contribution in [0.4, 0.5) is 0 Å². The number of rotatable bonds is 0. The summed E-state index contributed by atoms with van der Waals surface area (Å²) >= 11 is 0. The van der Waals surface area contributed by atoms with Gasteiger partial charge in [-0.15, -0.1) is 0 Å². The van der Waals surface area contributed by atoms with Crippen LogP contribution >= 0.6 is 0 Å². The summed E-state index contributed by atoms with van der Waals surface area (Å²) < 4.78 is 4.55. The van der Waals surface area contributed by atoms with Crippen LogP contribution in [0.5, 0.6) is 0 Å². The highest BCUT2D eigenvalue weighted by molar-refractivity contribution is 5.94. The Morgan fingerprint density at radius 3 is 2.32 bits per heavy atom. The van der Waals surface area contributed by atoms with E-state index in [0.717, 1.165) is 6.42 Å². The summed E-state index contributed by atoms with van der Waals surface area (Å²) in [4.78, 5) is 0. The lowest BCUT2D eigenvalue weighted by Gasteiger charge is -2.08. The highest BCUT2D eigenvalue weighted by Crippen LogP contribution is 2.30. The lowest BCUT2D eigenvalue weighted by Crippen LogP contribution is -2.68. The summed E-state index contributed by atoms with van der Waals surface area (Å²) in [5.74, 6) is 0. The van der Waals surface area contributed by atoms with E-state index in [9.17, 15) is 0 Å². The Morgan fingerprint density at radius 1 is 0.581 bits per heavy atom. The van der Waals surface area contributed by atoms with Crippen molar-refractivity contribution in [1.82, 2.24) is 0 Å². The summed E-state index contributed by atoms with van der Waals surface area (Å²) in [5.41, 5.74) is 7.39. The molecule has 5 aromatic rings. The van der Waals surface area contributed by atoms with Gasteiger partial charge >= 0.3 is 0 Å². The molecule has 0 saturated heterocycles. The van der Waals surface area contributed by atoms with Gasteiger partial charge in [-0.1, -0.05) is 66.7 Å². The summed E-state index contributed by atoms with van der Waals surface area (Å²) in [6.07, 6.45) is 9.77. The van der Waals surface area contributed by atoms with Crippen molar-refractivity contribution in [2.24, 2.45) is 0 Å². The van der Waals surface area contributed by atoms with Crippen LogP contribution in [0.25, 0.3) is 39.4 Å². The van der Waals surface area contributed by atoms with E-state index in [1.165, 1.54) is 44.4 Å². The lowest BCUT2D eigenvalue weighted by atomic mass is 9.98. The first-order valence-corrected chi connectivity index (χ1v) is 10.7. The third-order valence-corrected chi connectivity index (χ3v) is 6.06. The van der Waals surface area contributed by atoms with Crippen LogP contribution in [0.1, 0.15) is 11.1 Å². The fourth-order valence-corrected chi connectivity index (χ4v) is 4.61. The fraction of sp³-hybridized carbons (Fsp3) is 0.0345. The molecule has 0 radical (unpaired) electrons. The van der Waals surface area contributed by atoms with Gasteiger partial charge < -0.3 is 0 Å². The molecule has 31 heavy (non-hydrogen) atoms. The van der Waals surface area contributed by atoms with Gasteiger partial charge in [0.05, 0.1) is 25.9 Å². The maximum Gasteiger partial charge on any atom is 0.292 e. The van der Waals surface area contributed by atoms with Crippen molar-refractivity contribution in [3.63, 3.8) is 0 Å². The van der Waals surface area contributed by atoms with Crippen molar-refractivity contribution < 1.29 is 9.35 Å². The Kier molecular flexibility index (Phi) is 4.21. The Labute approximate surface area is 182 Å². The van der Waals surface area contributed by atoms with E-state index in [-0.39, 0.29) is 0 Å². The molecule has 0 fully saturated rings. The molecule has 1 aliphatic rings. The van der Waals surface area contributed by atoms with E-state index in [0.29, 0.717) is 0 Å². The topological polar surface area (TPSA) is 7.76 Å². The summed E-state index contributed by atoms with van der Waals surface area (Å²) in [6.45, 7) is 0. The normalized spacial score (nSPS) is 13.3. The Bertz CT molecular complexity index is 1460. The van der Waals surface area contributed by atoms with Crippen LogP contribution in [-0.2, 0) is 6.42 Å². The minimum absolute atomic E-state index is 0.890. The first-order valence-electron chi connectivity index (χ1n) is 10.7. The maximum atomic E-state index is 2.28. The molecule has 2 nitrogen and oxygen atoms in total. The molecule has 2 heteroatoms. The van der Waals surface area contributed by atoms with Gasteiger partial charge in [0.25, 0.3) is 11.4 Å². The number of pyridine rings is 2. The monoisotopic (exact) mass is 398 g/mol. The van der Waals surface area contributed by atoms with E-state index in [2.05, 4.69) is 131 Å². The molecule has 0 N–H and O–H groups in total. The molecule has 3 aromatic carbocycles. The largest absolute Gasteiger partial charge is 0.292 e. The SMILES string of the molecule is C1=C/c2ccccc2-c2c3ccccc3cc[n+]2-[n+]2ccccc2-c2ccccc2C/1. The zero-order valence-electron chi connectivity index (χ0n) is 17.1. The van der Waals surface area contributed by atoms with Crippen LogP contribution in [0.2, 0.25) is 0 Å². The second-order valence-electron chi connectivity index (χ2n) is 7.88. The minimum Gasteiger partial charge on any atom is -0.0795 e. The van der Waals surface area contributed by atoms with Gasteiger partial charge in [0.2, 0.25) is 12.4 Å². The van der Waals surface area contributed by atoms with Gasteiger partial charge in [0, 0.05) is 18.2 Å². The van der Waals surface area contributed by atoms with E-state index < -0.39 is 0 Å². The van der Waals surface area contributed by atoms with Gasteiger partial charge in [-0.2, -0.15) is 0 Å². The van der Waals surface area contributed by atoms with Gasteiger partial charge in [-0.3, -0.25) is 0 Å². The number of nitrogens with zero attached hydrogens (tertiary/aromatic N) is 2. The van der Waals surface area contributed by atoms with Gasteiger partial charge in [0.15, 0.2) is 0 Å². The Morgan fingerprint density at radius 2 is 1.35 bits per heavy atom. The van der Waals surface area contributed by atoms with Crippen molar-refractivity contribution in [3.05, 3.63) is 127 Å². The van der Waals surface area contributed by atoms with E-state index >= 15 is 0 Å². The van der Waals surface area contributed by atoms with Crippen molar-refractivity contribution in [1.29, 1.82) is 0 Å². The first-order chi connectivity index (χ1) is 15.4. The molecule has 0 spiro atoms. The molecule has 0 amide bonds. The molecule has 0 atom stereocenters. The minimum atomic E-state index is 0.890. The molecule has 2 aromatic heterocycles. The van der Waals surface area contributed by atoms with Crippen molar-refractivity contribution in [3.8, 4) is 22.5 Å². The highest BCUT2D eigenvalue weighted by Gasteiger charge is 2.30. The van der Waals surface area contributed by atoms with Crippen LogP contribution < -0.4 is 9.35 Å². The number of benzene rings is 3. The molecule has 1 aliphatic heterocycles. The summed E-state index contributed by atoms with van der Waals surface area (Å²) in [7, 11) is 0. The Balaban J connectivity index is 1.81. The molecular weight excluding hydrogens is 376 g/mol.